The second-order valence-electron chi connectivity index (χ2n) is 7.85. The smallest absolute Gasteiger partial charge is 0.267 e. The number of hydrogen-bond donors (Lipinski definition) is 1. The molecule has 5 rings (SSSR count). The van der Waals surface area contributed by atoms with E-state index >= 15 is 0 Å². The third-order valence-corrected chi connectivity index (χ3v) is 8.83. The number of thioether (sulfide) groups is 1. The molecule has 0 bridgehead atoms. The van der Waals surface area contributed by atoms with E-state index in [4.69, 9.17) is 4.98 Å². The largest absolute Gasteiger partial charge is 0.348 e. The number of nitrogens with one attached hydrogen (secondary N) is 1. The highest BCUT2D eigenvalue weighted by Crippen LogP contribution is 2.35. The number of rotatable bonds is 6. The molecule has 0 aliphatic heterocycles. The van der Waals surface area contributed by atoms with Crippen molar-refractivity contribution in [2.45, 2.75) is 43.8 Å². The second kappa shape index (κ2) is 9.21. The molecule has 1 aliphatic rings. The number of thiophene rings is 2. The molecule has 1 aliphatic carbocycles. The maximum Gasteiger partial charge on any atom is 0.267 e. The lowest BCUT2D eigenvalue weighted by Gasteiger charge is -2.15. The number of hydrogen-bond acceptors (Lipinski definition) is 6. The zero-order valence-corrected chi connectivity index (χ0v) is 20.1. The number of aryl methyl sites for hydroxylation is 2. The first-order valence-corrected chi connectivity index (χ1v) is 13.4. The molecule has 5 nitrogen and oxygen atoms in total. The summed E-state index contributed by atoms with van der Waals surface area (Å²) in [6.45, 7) is 1.98. The van der Waals surface area contributed by atoms with Gasteiger partial charge in [0, 0.05) is 9.75 Å². The van der Waals surface area contributed by atoms with Crippen LogP contribution in [-0.2, 0) is 17.6 Å². The van der Waals surface area contributed by atoms with Crippen molar-refractivity contribution in [3.8, 4) is 5.69 Å². The minimum absolute atomic E-state index is 0.0320. The average Bonchev–Trinajstić information content (AvgIpc) is 3.46. The molecule has 1 amide bonds. The molecule has 0 spiro atoms. The summed E-state index contributed by atoms with van der Waals surface area (Å²) in [6, 6.07) is 13.5. The summed E-state index contributed by atoms with van der Waals surface area (Å²) in [4.78, 5) is 34.4. The molecule has 1 atom stereocenters. The van der Waals surface area contributed by atoms with Gasteiger partial charge in [-0.25, -0.2) is 4.98 Å². The first-order valence-electron chi connectivity index (χ1n) is 10.7. The van der Waals surface area contributed by atoms with Crippen LogP contribution in [0.15, 0.2) is 57.8 Å². The van der Waals surface area contributed by atoms with Crippen molar-refractivity contribution in [2.75, 3.05) is 5.75 Å². The lowest BCUT2D eigenvalue weighted by Crippen LogP contribution is -2.28. The van der Waals surface area contributed by atoms with Crippen molar-refractivity contribution in [2.24, 2.45) is 0 Å². The molecule has 1 aromatic carbocycles. The molecule has 0 radical (unpaired) electrons. The molecular formula is C24H23N3O2S3. The van der Waals surface area contributed by atoms with Gasteiger partial charge in [-0.05, 0) is 61.7 Å². The normalized spacial score (nSPS) is 14.3. The number of benzene rings is 1. The van der Waals surface area contributed by atoms with Crippen LogP contribution in [0.25, 0.3) is 15.9 Å². The topological polar surface area (TPSA) is 64.0 Å². The highest BCUT2D eigenvalue weighted by Gasteiger charge is 2.23. The van der Waals surface area contributed by atoms with E-state index in [0.29, 0.717) is 5.16 Å². The van der Waals surface area contributed by atoms with E-state index < -0.39 is 0 Å². The number of carbonyl (C=O) groups is 1. The standard InChI is InChI=1S/C24H23N3O2S3/c1-15(18-12-7-13-30-18)25-20(28)14-31-24-26-22-21(17-10-5-6-11-19(17)32-22)23(29)27(24)16-8-3-2-4-9-16/h2-4,7-9,12-13,15H,5-6,10-11,14H2,1H3,(H,25,28). The van der Waals surface area contributed by atoms with Crippen molar-refractivity contribution in [1.82, 2.24) is 14.9 Å². The number of fused-ring (bicyclic) bond motifs is 3. The predicted octanol–water partition coefficient (Wildman–Crippen LogP) is 5.36. The Bertz CT molecular complexity index is 1310. The summed E-state index contributed by atoms with van der Waals surface area (Å²) in [6.07, 6.45) is 4.24. The monoisotopic (exact) mass is 481 g/mol. The van der Waals surface area contributed by atoms with Gasteiger partial charge in [0.05, 0.1) is 22.9 Å². The van der Waals surface area contributed by atoms with E-state index in [2.05, 4.69) is 5.32 Å². The zero-order valence-electron chi connectivity index (χ0n) is 17.7. The van der Waals surface area contributed by atoms with Gasteiger partial charge in [0.25, 0.3) is 5.56 Å². The van der Waals surface area contributed by atoms with Gasteiger partial charge in [0.15, 0.2) is 5.16 Å². The Hall–Kier alpha value is -2.42. The Morgan fingerprint density at radius 3 is 2.78 bits per heavy atom. The number of aromatic nitrogens is 2. The van der Waals surface area contributed by atoms with Crippen LogP contribution in [0, 0.1) is 0 Å². The molecule has 4 aromatic rings. The predicted molar refractivity (Wildman–Crippen MR) is 133 cm³/mol. The van der Waals surface area contributed by atoms with Crippen LogP contribution in [0.1, 0.15) is 41.1 Å². The zero-order chi connectivity index (χ0) is 22.1. The molecule has 8 heteroatoms. The number of nitrogens with zero attached hydrogens (tertiary/aromatic N) is 2. The molecule has 1 unspecified atom stereocenters. The van der Waals surface area contributed by atoms with Gasteiger partial charge < -0.3 is 5.32 Å². The Balaban J connectivity index is 1.49. The molecule has 0 saturated heterocycles. The van der Waals surface area contributed by atoms with Crippen LogP contribution in [-0.4, -0.2) is 21.2 Å². The first kappa shape index (κ1) is 21.4. The maximum absolute atomic E-state index is 13.7. The Labute approximate surface area is 198 Å². The molecule has 3 aromatic heterocycles. The minimum atomic E-state index is -0.0738. The molecule has 1 N–H and O–H groups in total. The molecule has 0 saturated carbocycles. The Kier molecular flexibility index (Phi) is 6.17. The van der Waals surface area contributed by atoms with Crippen molar-refractivity contribution >= 4 is 50.6 Å². The fourth-order valence-electron chi connectivity index (χ4n) is 4.11. The lowest BCUT2D eigenvalue weighted by atomic mass is 9.97. The van der Waals surface area contributed by atoms with Gasteiger partial charge >= 0.3 is 0 Å². The van der Waals surface area contributed by atoms with Crippen LogP contribution in [0.3, 0.4) is 0 Å². The van der Waals surface area contributed by atoms with E-state index in [1.165, 1.54) is 22.2 Å². The van der Waals surface area contributed by atoms with Gasteiger partial charge in [0.2, 0.25) is 5.91 Å². The third kappa shape index (κ3) is 4.14. The van der Waals surface area contributed by atoms with Gasteiger partial charge in [-0.1, -0.05) is 36.0 Å². The first-order chi connectivity index (χ1) is 15.6. The van der Waals surface area contributed by atoms with Crippen molar-refractivity contribution in [3.05, 3.63) is 73.5 Å². The van der Waals surface area contributed by atoms with Crippen molar-refractivity contribution < 1.29 is 4.79 Å². The lowest BCUT2D eigenvalue weighted by molar-refractivity contribution is -0.119. The summed E-state index contributed by atoms with van der Waals surface area (Å²) in [5, 5.41) is 6.37. The van der Waals surface area contributed by atoms with E-state index in [0.717, 1.165) is 46.5 Å². The molecule has 0 fully saturated rings. The van der Waals surface area contributed by atoms with Crippen LogP contribution < -0.4 is 10.9 Å². The summed E-state index contributed by atoms with van der Waals surface area (Å²) >= 11 is 4.58. The number of amides is 1. The summed E-state index contributed by atoms with van der Waals surface area (Å²) in [7, 11) is 0. The molecular weight excluding hydrogens is 458 g/mol. The number of para-hydroxylation sites is 1. The third-order valence-electron chi connectivity index (χ3n) is 5.65. The van der Waals surface area contributed by atoms with Crippen molar-refractivity contribution in [1.29, 1.82) is 0 Å². The van der Waals surface area contributed by atoms with Gasteiger partial charge in [-0.2, -0.15) is 0 Å². The van der Waals surface area contributed by atoms with E-state index in [1.807, 2.05) is 54.8 Å². The van der Waals surface area contributed by atoms with Crippen LogP contribution >= 0.6 is 34.4 Å². The fourth-order valence-corrected chi connectivity index (χ4v) is 6.97. The average molecular weight is 482 g/mol. The highest BCUT2D eigenvalue weighted by atomic mass is 32.2. The molecule has 32 heavy (non-hydrogen) atoms. The highest BCUT2D eigenvalue weighted by molar-refractivity contribution is 7.99. The van der Waals surface area contributed by atoms with E-state index in [1.54, 1.807) is 27.2 Å². The Morgan fingerprint density at radius 2 is 2.00 bits per heavy atom. The quantitative estimate of drug-likeness (QED) is 0.298. The van der Waals surface area contributed by atoms with Crippen LogP contribution in [0.2, 0.25) is 0 Å². The van der Waals surface area contributed by atoms with Crippen LogP contribution in [0.4, 0.5) is 0 Å². The van der Waals surface area contributed by atoms with Crippen molar-refractivity contribution in [3.63, 3.8) is 0 Å². The van der Waals surface area contributed by atoms with Gasteiger partial charge in [0.1, 0.15) is 4.83 Å². The van der Waals surface area contributed by atoms with Gasteiger partial charge in [-0.3, -0.25) is 14.2 Å². The molecule has 164 valence electrons. The number of carbonyl (C=O) groups excluding carboxylic acids is 1. The van der Waals surface area contributed by atoms with E-state index in [9.17, 15) is 9.59 Å². The minimum Gasteiger partial charge on any atom is -0.348 e. The maximum atomic E-state index is 13.7. The van der Waals surface area contributed by atoms with E-state index in [-0.39, 0.29) is 23.3 Å². The Morgan fingerprint density at radius 1 is 1.19 bits per heavy atom. The summed E-state index contributed by atoms with van der Waals surface area (Å²) in [5.74, 6) is 0.126. The van der Waals surface area contributed by atoms with Crippen LogP contribution in [0.5, 0.6) is 0 Å². The fraction of sp³-hybridized carbons (Fsp3) is 0.292. The second-order valence-corrected chi connectivity index (χ2v) is 10.9. The molecule has 3 heterocycles. The summed E-state index contributed by atoms with van der Waals surface area (Å²) in [5.41, 5.74) is 1.92. The summed E-state index contributed by atoms with van der Waals surface area (Å²) < 4.78 is 1.67. The van der Waals surface area contributed by atoms with Gasteiger partial charge in [-0.15, -0.1) is 22.7 Å². The SMILES string of the molecule is CC(NC(=O)CSc1nc2sc3c(c2c(=O)n1-c1ccccc1)CCCC3)c1cccs1.